The summed E-state index contributed by atoms with van der Waals surface area (Å²) in [6.07, 6.45) is 7.40. The topological polar surface area (TPSA) is 60.5 Å². The van der Waals surface area contributed by atoms with Gasteiger partial charge in [-0.1, -0.05) is 11.6 Å². The first kappa shape index (κ1) is 17.1. The molecule has 1 heterocycles. The number of methoxy groups -OCH3 is 1. The standard InChI is InChI=1S/C19H25ClN2O3/c1-3-25-18(23)14-10-21-16(20)6-15(14)22-17-12-4-11-5-13(17)9-19(7-11,8-12)24-2/h6,10-13,17H,3-5,7-9H2,1-2H3,(H,21,22)/t11?,12-,13+,17?,19?. The molecule has 4 aliphatic carbocycles. The van der Waals surface area contributed by atoms with E-state index in [4.69, 9.17) is 21.1 Å². The van der Waals surface area contributed by atoms with Gasteiger partial charge in [0.15, 0.2) is 0 Å². The average molecular weight is 365 g/mol. The molecule has 6 heteroatoms. The first-order valence-corrected chi connectivity index (χ1v) is 9.55. The number of hydrogen-bond acceptors (Lipinski definition) is 5. The van der Waals surface area contributed by atoms with Gasteiger partial charge in [0.1, 0.15) is 10.7 Å². The van der Waals surface area contributed by atoms with Gasteiger partial charge in [-0.2, -0.15) is 0 Å². The van der Waals surface area contributed by atoms with E-state index in [-0.39, 0.29) is 11.6 Å². The van der Waals surface area contributed by atoms with Crippen molar-refractivity contribution in [3.05, 3.63) is 23.0 Å². The number of carbonyl (C=O) groups is 1. The summed E-state index contributed by atoms with van der Waals surface area (Å²) in [5.74, 6) is 1.58. The number of nitrogens with one attached hydrogen (secondary N) is 1. The van der Waals surface area contributed by atoms with Crippen LogP contribution in [0.3, 0.4) is 0 Å². The number of hydrogen-bond donors (Lipinski definition) is 1. The van der Waals surface area contributed by atoms with Gasteiger partial charge in [0.25, 0.3) is 0 Å². The van der Waals surface area contributed by atoms with Crippen molar-refractivity contribution in [2.45, 2.75) is 50.7 Å². The highest BCUT2D eigenvalue weighted by molar-refractivity contribution is 6.29. The third kappa shape index (κ3) is 3.02. The molecule has 4 fully saturated rings. The Morgan fingerprint density at radius 3 is 2.72 bits per heavy atom. The van der Waals surface area contributed by atoms with E-state index >= 15 is 0 Å². The van der Waals surface area contributed by atoms with Crippen LogP contribution in [-0.2, 0) is 9.47 Å². The number of carbonyl (C=O) groups excluding carboxylic acids is 1. The fourth-order valence-corrected chi connectivity index (χ4v) is 5.69. The smallest absolute Gasteiger partial charge is 0.341 e. The first-order chi connectivity index (χ1) is 12.0. The second-order valence-electron chi connectivity index (χ2n) is 7.80. The Labute approximate surface area is 153 Å². The summed E-state index contributed by atoms with van der Waals surface area (Å²) in [5, 5.41) is 4.02. The quantitative estimate of drug-likeness (QED) is 0.634. The van der Waals surface area contributed by atoms with Crippen LogP contribution in [0.15, 0.2) is 12.3 Å². The van der Waals surface area contributed by atoms with Gasteiger partial charge in [-0.15, -0.1) is 0 Å². The molecular weight excluding hydrogens is 340 g/mol. The van der Waals surface area contributed by atoms with Crippen molar-refractivity contribution in [3.63, 3.8) is 0 Å². The highest BCUT2D eigenvalue weighted by Gasteiger charge is 2.55. The summed E-state index contributed by atoms with van der Waals surface area (Å²) in [6, 6.07) is 2.09. The molecule has 1 N–H and O–H groups in total. The van der Waals surface area contributed by atoms with E-state index in [1.165, 1.54) is 25.5 Å². The highest BCUT2D eigenvalue weighted by atomic mass is 35.5. The number of pyridine rings is 1. The van der Waals surface area contributed by atoms with Crippen molar-refractivity contribution in [2.24, 2.45) is 17.8 Å². The molecule has 4 bridgehead atoms. The zero-order valence-electron chi connectivity index (χ0n) is 14.8. The summed E-state index contributed by atoms with van der Waals surface area (Å²) in [7, 11) is 1.86. The zero-order chi connectivity index (χ0) is 17.6. The van der Waals surface area contributed by atoms with E-state index in [0.29, 0.717) is 35.2 Å². The van der Waals surface area contributed by atoms with E-state index < -0.39 is 0 Å². The maximum absolute atomic E-state index is 12.3. The van der Waals surface area contributed by atoms with E-state index in [2.05, 4.69) is 10.3 Å². The molecule has 4 saturated carbocycles. The molecule has 0 aromatic carbocycles. The van der Waals surface area contributed by atoms with Crippen molar-refractivity contribution in [3.8, 4) is 0 Å². The lowest BCUT2D eigenvalue weighted by atomic mass is 9.52. The lowest BCUT2D eigenvalue weighted by Gasteiger charge is -2.59. The molecule has 136 valence electrons. The normalized spacial score (nSPS) is 35.6. The van der Waals surface area contributed by atoms with Crippen LogP contribution in [0, 0.1) is 17.8 Å². The maximum atomic E-state index is 12.3. The summed E-state index contributed by atoms with van der Waals surface area (Å²) in [4.78, 5) is 16.3. The molecule has 0 spiro atoms. The molecule has 25 heavy (non-hydrogen) atoms. The molecule has 5 rings (SSSR count). The number of halogens is 1. The van der Waals surface area contributed by atoms with Gasteiger partial charge in [0.2, 0.25) is 0 Å². The van der Waals surface area contributed by atoms with Crippen LogP contribution in [0.25, 0.3) is 0 Å². The van der Waals surface area contributed by atoms with Gasteiger partial charge in [0, 0.05) is 19.3 Å². The Kier molecular flexibility index (Phi) is 4.40. The van der Waals surface area contributed by atoms with Crippen LogP contribution < -0.4 is 5.32 Å². The molecule has 0 aliphatic heterocycles. The van der Waals surface area contributed by atoms with Gasteiger partial charge >= 0.3 is 5.97 Å². The molecule has 5 atom stereocenters. The fraction of sp³-hybridized carbons (Fsp3) is 0.684. The van der Waals surface area contributed by atoms with Gasteiger partial charge in [0.05, 0.1) is 17.9 Å². The first-order valence-electron chi connectivity index (χ1n) is 9.18. The van der Waals surface area contributed by atoms with Crippen LogP contribution in [0.1, 0.15) is 49.4 Å². The number of anilines is 1. The minimum Gasteiger partial charge on any atom is -0.462 e. The van der Waals surface area contributed by atoms with Crippen molar-refractivity contribution in [2.75, 3.05) is 19.0 Å². The van der Waals surface area contributed by atoms with E-state index in [1.807, 2.05) is 7.11 Å². The van der Waals surface area contributed by atoms with Crippen LogP contribution in [0.2, 0.25) is 5.15 Å². The van der Waals surface area contributed by atoms with Gasteiger partial charge in [-0.25, -0.2) is 9.78 Å². The second kappa shape index (κ2) is 6.44. The Balaban J connectivity index is 1.59. The Hall–Kier alpha value is -1.33. The summed E-state index contributed by atoms with van der Waals surface area (Å²) in [6.45, 7) is 2.14. The van der Waals surface area contributed by atoms with Gasteiger partial charge in [-0.05, 0) is 62.8 Å². The van der Waals surface area contributed by atoms with Gasteiger partial charge in [-0.3, -0.25) is 0 Å². The fourth-order valence-electron chi connectivity index (χ4n) is 5.54. The van der Waals surface area contributed by atoms with Crippen molar-refractivity contribution in [1.29, 1.82) is 0 Å². The SMILES string of the molecule is CCOC(=O)c1cnc(Cl)cc1NC1[C@@H]2CC3C[C@H]1CC(OC)(C3)C2. The molecular formula is C19H25ClN2O3. The average Bonchev–Trinajstić information content (AvgIpc) is 2.58. The van der Waals surface area contributed by atoms with Crippen LogP contribution >= 0.6 is 11.6 Å². The molecule has 1 aromatic heterocycles. The zero-order valence-corrected chi connectivity index (χ0v) is 15.5. The third-order valence-electron chi connectivity index (χ3n) is 6.34. The molecule has 4 aliphatic rings. The lowest BCUT2D eigenvalue weighted by molar-refractivity contribution is -0.149. The predicted molar refractivity (Wildman–Crippen MR) is 95.9 cm³/mol. The molecule has 5 nitrogen and oxygen atoms in total. The molecule has 0 saturated heterocycles. The van der Waals surface area contributed by atoms with Crippen molar-refractivity contribution >= 4 is 23.3 Å². The molecule has 0 amide bonds. The Morgan fingerprint density at radius 2 is 2.08 bits per heavy atom. The minimum absolute atomic E-state index is 0.0779. The van der Waals surface area contributed by atoms with E-state index in [0.717, 1.165) is 24.4 Å². The van der Waals surface area contributed by atoms with E-state index in [9.17, 15) is 4.79 Å². The number of rotatable bonds is 5. The number of nitrogens with zero attached hydrogens (tertiary/aromatic N) is 1. The summed E-state index contributed by atoms with van der Waals surface area (Å²) >= 11 is 6.09. The summed E-state index contributed by atoms with van der Waals surface area (Å²) < 4.78 is 11.1. The minimum atomic E-state index is -0.355. The van der Waals surface area contributed by atoms with E-state index in [1.54, 1.807) is 13.0 Å². The largest absolute Gasteiger partial charge is 0.462 e. The van der Waals surface area contributed by atoms with Crippen molar-refractivity contribution < 1.29 is 14.3 Å². The molecule has 0 radical (unpaired) electrons. The Bertz CT molecular complexity index is 665. The predicted octanol–water partition coefficient (Wildman–Crippen LogP) is 3.92. The monoisotopic (exact) mass is 364 g/mol. The highest BCUT2D eigenvalue weighted by Crippen LogP contribution is 2.57. The van der Waals surface area contributed by atoms with Gasteiger partial charge < -0.3 is 14.8 Å². The van der Waals surface area contributed by atoms with Crippen LogP contribution in [0.5, 0.6) is 0 Å². The molecule has 1 aromatic rings. The molecule has 3 unspecified atom stereocenters. The number of aromatic nitrogens is 1. The van der Waals surface area contributed by atoms with Crippen molar-refractivity contribution in [1.82, 2.24) is 4.98 Å². The lowest BCUT2D eigenvalue weighted by Crippen LogP contribution is -2.59. The number of ether oxygens (including phenoxy) is 2. The number of esters is 1. The third-order valence-corrected chi connectivity index (χ3v) is 6.54. The van der Waals surface area contributed by atoms with Crippen LogP contribution in [-0.4, -0.2) is 36.3 Å². The Morgan fingerprint density at radius 1 is 1.36 bits per heavy atom. The second-order valence-corrected chi connectivity index (χ2v) is 8.19. The maximum Gasteiger partial charge on any atom is 0.341 e. The summed E-state index contributed by atoms with van der Waals surface area (Å²) in [5.41, 5.74) is 1.28. The van der Waals surface area contributed by atoms with Crippen LogP contribution in [0.4, 0.5) is 5.69 Å².